The molecule has 6 nitrogen and oxygen atoms in total. The predicted molar refractivity (Wildman–Crippen MR) is 80.5 cm³/mol. The fourth-order valence-electron chi connectivity index (χ4n) is 3.08. The van der Waals surface area contributed by atoms with Crippen LogP contribution in [0.2, 0.25) is 0 Å². The van der Waals surface area contributed by atoms with E-state index in [1.807, 2.05) is 19.1 Å². The molecular weight excluding hydrogens is 280 g/mol. The minimum absolute atomic E-state index is 0.00924. The van der Waals surface area contributed by atoms with Crippen molar-refractivity contribution in [3.63, 3.8) is 0 Å². The van der Waals surface area contributed by atoms with Crippen molar-refractivity contribution in [1.82, 2.24) is 19.8 Å². The lowest BCUT2D eigenvalue weighted by Crippen LogP contribution is -2.49. The van der Waals surface area contributed by atoms with E-state index in [4.69, 9.17) is 4.52 Å². The number of hydrogen-bond donors (Lipinski definition) is 0. The second-order valence-corrected chi connectivity index (χ2v) is 6.54. The molecule has 1 aliphatic carbocycles. The second-order valence-electron chi connectivity index (χ2n) is 6.54. The Morgan fingerprint density at radius 2 is 2.14 bits per heavy atom. The van der Waals surface area contributed by atoms with E-state index in [1.165, 1.54) is 12.8 Å². The summed E-state index contributed by atoms with van der Waals surface area (Å²) in [5, 5.41) is 8.54. The standard InChI is InChI=1S/C16H20N4O2/c1-11-6-14(18-22-11)10-19-7-12(8-19)9-20-16(21)5-4-15(17-20)13-2-3-13/h4-6,12-13H,2-3,7-10H2,1H3. The zero-order valence-corrected chi connectivity index (χ0v) is 12.7. The van der Waals surface area contributed by atoms with Crippen molar-refractivity contribution in [3.05, 3.63) is 45.7 Å². The molecule has 4 rings (SSSR count). The predicted octanol–water partition coefficient (Wildman–Crippen LogP) is 1.55. The summed E-state index contributed by atoms with van der Waals surface area (Å²) in [4.78, 5) is 14.2. The summed E-state index contributed by atoms with van der Waals surface area (Å²) in [6.07, 6.45) is 2.42. The molecule has 0 N–H and O–H groups in total. The van der Waals surface area contributed by atoms with E-state index in [-0.39, 0.29) is 5.56 Å². The molecule has 2 aromatic rings. The van der Waals surface area contributed by atoms with Crippen LogP contribution in [0.4, 0.5) is 0 Å². The molecule has 2 aromatic heterocycles. The van der Waals surface area contributed by atoms with E-state index < -0.39 is 0 Å². The lowest BCUT2D eigenvalue weighted by Gasteiger charge is -2.38. The fourth-order valence-corrected chi connectivity index (χ4v) is 3.08. The number of aryl methyl sites for hydroxylation is 1. The molecule has 0 radical (unpaired) electrons. The monoisotopic (exact) mass is 300 g/mol. The fraction of sp³-hybridized carbons (Fsp3) is 0.562. The Balaban J connectivity index is 1.34. The van der Waals surface area contributed by atoms with Crippen molar-refractivity contribution >= 4 is 0 Å². The molecule has 0 aromatic carbocycles. The largest absolute Gasteiger partial charge is 0.361 e. The Bertz CT molecular complexity index is 726. The van der Waals surface area contributed by atoms with E-state index in [0.29, 0.717) is 18.4 Å². The zero-order chi connectivity index (χ0) is 15.1. The highest BCUT2D eigenvalue weighted by molar-refractivity contribution is 5.12. The maximum atomic E-state index is 11.9. The van der Waals surface area contributed by atoms with Gasteiger partial charge in [-0.25, -0.2) is 4.68 Å². The molecule has 0 spiro atoms. The van der Waals surface area contributed by atoms with Crippen LogP contribution in [0.25, 0.3) is 0 Å². The number of rotatable bonds is 5. The van der Waals surface area contributed by atoms with Gasteiger partial charge in [-0.3, -0.25) is 9.69 Å². The molecule has 0 amide bonds. The highest BCUT2D eigenvalue weighted by Crippen LogP contribution is 2.38. The van der Waals surface area contributed by atoms with Gasteiger partial charge in [0.15, 0.2) is 0 Å². The molecule has 0 atom stereocenters. The van der Waals surface area contributed by atoms with Crippen LogP contribution in [0.15, 0.2) is 27.5 Å². The van der Waals surface area contributed by atoms with Gasteiger partial charge in [0.25, 0.3) is 5.56 Å². The lowest BCUT2D eigenvalue weighted by atomic mass is 10.00. The van der Waals surface area contributed by atoms with Crippen molar-refractivity contribution < 1.29 is 4.52 Å². The van der Waals surface area contributed by atoms with Gasteiger partial charge in [0, 0.05) is 43.6 Å². The summed E-state index contributed by atoms with van der Waals surface area (Å²) < 4.78 is 6.73. The van der Waals surface area contributed by atoms with Crippen LogP contribution in [-0.2, 0) is 13.1 Å². The van der Waals surface area contributed by atoms with Crippen molar-refractivity contribution in [2.45, 2.75) is 38.8 Å². The van der Waals surface area contributed by atoms with Crippen LogP contribution < -0.4 is 5.56 Å². The van der Waals surface area contributed by atoms with E-state index in [0.717, 1.165) is 36.8 Å². The highest BCUT2D eigenvalue weighted by Gasteiger charge is 2.29. The van der Waals surface area contributed by atoms with Crippen LogP contribution in [-0.4, -0.2) is 32.9 Å². The third-order valence-electron chi connectivity index (χ3n) is 4.41. The molecule has 116 valence electrons. The van der Waals surface area contributed by atoms with Gasteiger partial charge in [-0.05, 0) is 25.8 Å². The quantitative estimate of drug-likeness (QED) is 0.838. The first-order chi connectivity index (χ1) is 10.7. The van der Waals surface area contributed by atoms with Gasteiger partial charge in [0.2, 0.25) is 0 Å². The average Bonchev–Trinajstić information content (AvgIpc) is 3.22. The molecule has 1 aliphatic heterocycles. The molecule has 0 bridgehead atoms. The average molecular weight is 300 g/mol. The minimum atomic E-state index is 0.00924. The SMILES string of the molecule is Cc1cc(CN2CC(Cn3nc(C4CC4)ccc3=O)C2)no1. The topological polar surface area (TPSA) is 64.2 Å². The van der Waals surface area contributed by atoms with Gasteiger partial charge in [-0.2, -0.15) is 5.10 Å². The van der Waals surface area contributed by atoms with Gasteiger partial charge in [-0.1, -0.05) is 5.16 Å². The smallest absolute Gasteiger partial charge is 0.266 e. The molecule has 1 saturated heterocycles. The van der Waals surface area contributed by atoms with Gasteiger partial charge in [-0.15, -0.1) is 0 Å². The van der Waals surface area contributed by atoms with Crippen molar-refractivity contribution in [3.8, 4) is 0 Å². The number of hydrogen-bond acceptors (Lipinski definition) is 5. The van der Waals surface area contributed by atoms with Crippen molar-refractivity contribution in [2.75, 3.05) is 13.1 Å². The number of aromatic nitrogens is 3. The van der Waals surface area contributed by atoms with E-state index in [9.17, 15) is 4.79 Å². The highest BCUT2D eigenvalue weighted by atomic mass is 16.5. The third kappa shape index (κ3) is 2.83. The first-order valence-electron chi connectivity index (χ1n) is 7.90. The minimum Gasteiger partial charge on any atom is -0.361 e. The Labute approximate surface area is 128 Å². The molecule has 2 aliphatic rings. The Morgan fingerprint density at radius 1 is 1.32 bits per heavy atom. The lowest BCUT2D eigenvalue weighted by molar-refractivity contribution is 0.0742. The van der Waals surface area contributed by atoms with Gasteiger partial charge in [0.05, 0.1) is 17.9 Å². The van der Waals surface area contributed by atoms with Crippen LogP contribution in [0.1, 0.15) is 35.9 Å². The summed E-state index contributed by atoms with van der Waals surface area (Å²) in [5.41, 5.74) is 2.06. The Kier molecular flexibility index (Phi) is 3.33. The van der Waals surface area contributed by atoms with E-state index >= 15 is 0 Å². The van der Waals surface area contributed by atoms with E-state index in [1.54, 1.807) is 10.7 Å². The van der Waals surface area contributed by atoms with Crippen LogP contribution in [0.3, 0.4) is 0 Å². The van der Waals surface area contributed by atoms with Gasteiger partial charge >= 0.3 is 0 Å². The van der Waals surface area contributed by atoms with Crippen molar-refractivity contribution in [1.29, 1.82) is 0 Å². The summed E-state index contributed by atoms with van der Waals surface area (Å²) in [6.45, 7) is 5.40. The molecule has 2 fully saturated rings. The summed E-state index contributed by atoms with van der Waals surface area (Å²) in [7, 11) is 0. The molecule has 0 unspecified atom stereocenters. The van der Waals surface area contributed by atoms with Crippen LogP contribution >= 0.6 is 0 Å². The second kappa shape index (κ2) is 5.35. The summed E-state index contributed by atoms with van der Waals surface area (Å²) >= 11 is 0. The van der Waals surface area contributed by atoms with Crippen molar-refractivity contribution in [2.24, 2.45) is 5.92 Å². The summed E-state index contributed by atoms with van der Waals surface area (Å²) in [5.74, 6) is 1.92. The molecule has 22 heavy (non-hydrogen) atoms. The third-order valence-corrected chi connectivity index (χ3v) is 4.41. The number of likely N-dealkylation sites (tertiary alicyclic amines) is 1. The Morgan fingerprint density at radius 3 is 2.82 bits per heavy atom. The number of nitrogens with zero attached hydrogens (tertiary/aromatic N) is 4. The van der Waals surface area contributed by atoms with Gasteiger partial charge in [0.1, 0.15) is 5.76 Å². The van der Waals surface area contributed by atoms with Crippen LogP contribution in [0.5, 0.6) is 0 Å². The maximum absolute atomic E-state index is 11.9. The molecular formula is C16H20N4O2. The Hall–Kier alpha value is -1.95. The molecule has 1 saturated carbocycles. The van der Waals surface area contributed by atoms with E-state index in [2.05, 4.69) is 15.2 Å². The van der Waals surface area contributed by atoms with Gasteiger partial charge < -0.3 is 4.52 Å². The van der Waals surface area contributed by atoms with Crippen LogP contribution in [0, 0.1) is 12.8 Å². The normalized spacial score (nSPS) is 19.3. The maximum Gasteiger partial charge on any atom is 0.266 e. The summed E-state index contributed by atoms with van der Waals surface area (Å²) in [6, 6.07) is 5.52. The first-order valence-corrected chi connectivity index (χ1v) is 7.90. The molecule has 3 heterocycles. The first kappa shape index (κ1) is 13.7. The molecule has 6 heteroatoms. The zero-order valence-electron chi connectivity index (χ0n) is 12.7.